The van der Waals surface area contributed by atoms with Gasteiger partial charge in [-0.25, -0.2) is 0 Å². The number of nitrogens with zero attached hydrogens (tertiary/aromatic N) is 1. The molecule has 0 atom stereocenters. The minimum absolute atomic E-state index is 0.170. The minimum atomic E-state index is 0.170. The van der Waals surface area contributed by atoms with Gasteiger partial charge in [-0.05, 0) is 54.2 Å². The summed E-state index contributed by atoms with van der Waals surface area (Å²) in [4.78, 5) is 0. The molecule has 0 aliphatic heterocycles. The highest BCUT2D eigenvalue weighted by atomic mass is 16.5. The number of phenols is 1. The number of unbranched alkanes of at least 4 members (excludes halogenated alkanes) is 2. The van der Waals surface area contributed by atoms with Gasteiger partial charge in [-0.1, -0.05) is 78.9 Å². The first-order valence-electron chi connectivity index (χ1n) is 11.1. The quantitative estimate of drug-likeness (QED) is 0.287. The van der Waals surface area contributed by atoms with Crippen LogP contribution in [0.1, 0.15) is 36.0 Å². The minimum Gasteiger partial charge on any atom is -0.504 e. The summed E-state index contributed by atoms with van der Waals surface area (Å²) in [7, 11) is 1.55. The molecule has 162 valence electrons. The Balaban J connectivity index is 1.34. The highest BCUT2D eigenvalue weighted by Crippen LogP contribution is 2.27. The average molecular weight is 424 g/mol. The number of para-hydroxylation sites is 1. The molecule has 4 rings (SSSR count). The fourth-order valence-electron chi connectivity index (χ4n) is 3.91. The summed E-state index contributed by atoms with van der Waals surface area (Å²) in [5, 5.41) is 11.2. The van der Waals surface area contributed by atoms with Crippen molar-refractivity contribution in [1.82, 2.24) is 4.57 Å². The molecule has 3 nitrogen and oxygen atoms in total. The summed E-state index contributed by atoms with van der Waals surface area (Å²) in [5.74, 6) is 0.668. The van der Waals surface area contributed by atoms with Gasteiger partial charge in [0.2, 0.25) is 0 Å². The van der Waals surface area contributed by atoms with E-state index in [1.54, 1.807) is 19.2 Å². The lowest BCUT2D eigenvalue weighted by Gasteiger charge is -2.05. The van der Waals surface area contributed by atoms with Crippen molar-refractivity contribution in [3.63, 3.8) is 0 Å². The molecule has 0 saturated heterocycles. The van der Waals surface area contributed by atoms with Crippen LogP contribution in [-0.2, 0) is 6.54 Å². The summed E-state index contributed by atoms with van der Waals surface area (Å²) in [5.41, 5.74) is 4.81. The van der Waals surface area contributed by atoms with Gasteiger partial charge in [0.25, 0.3) is 0 Å². The number of rotatable bonds is 9. The number of hydrogen-bond donors (Lipinski definition) is 1. The molecular weight excluding hydrogens is 394 g/mol. The number of fused-ring (bicyclic) bond motifs is 1. The fourth-order valence-corrected chi connectivity index (χ4v) is 3.91. The molecule has 0 aliphatic carbocycles. The zero-order chi connectivity index (χ0) is 22.2. The summed E-state index contributed by atoms with van der Waals surface area (Å²) in [6, 6.07) is 24.6. The molecule has 1 heterocycles. The van der Waals surface area contributed by atoms with Gasteiger partial charge in [-0.15, -0.1) is 0 Å². The Morgan fingerprint density at radius 2 is 1.62 bits per heavy atom. The molecular formula is C29H29NO2. The molecule has 0 spiro atoms. The first-order chi connectivity index (χ1) is 15.7. The van der Waals surface area contributed by atoms with Crippen LogP contribution < -0.4 is 4.74 Å². The van der Waals surface area contributed by atoms with Gasteiger partial charge < -0.3 is 14.4 Å². The maximum Gasteiger partial charge on any atom is 0.160 e. The number of benzene rings is 3. The van der Waals surface area contributed by atoms with Crippen molar-refractivity contribution in [3.05, 3.63) is 108 Å². The second-order valence-corrected chi connectivity index (χ2v) is 7.88. The van der Waals surface area contributed by atoms with E-state index in [0.717, 1.165) is 31.4 Å². The fraction of sp³-hybridized carbons (Fsp3) is 0.172. The molecule has 0 aliphatic rings. The largest absolute Gasteiger partial charge is 0.504 e. The highest BCUT2D eigenvalue weighted by Gasteiger charge is 2.06. The van der Waals surface area contributed by atoms with E-state index in [9.17, 15) is 5.11 Å². The van der Waals surface area contributed by atoms with Gasteiger partial charge in [0, 0.05) is 23.6 Å². The predicted molar refractivity (Wildman–Crippen MR) is 134 cm³/mol. The lowest BCUT2D eigenvalue weighted by molar-refractivity contribution is 0.373. The van der Waals surface area contributed by atoms with Crippen LogP contribution in [0.3, 0.4) is 0 Å². The van der Waals surface area contributed by atoms with Gasteiger partial charge in [-0.3, -0.25) is 0 Å². The van der Waals surface area contributed by atoms with Gasteiger partial charge in [-0.2, -0.15) is 0 Å². The van der Waals surface area contributed by atoms with Crippen molar-refractivity contribution >= 4 is 23.1 Å². The average Bonchev–Trinajstić information content (AvgIpc) is 3.16. The molecule has 0 fully saturated rings. The second-order valence-electron chi connectivity index (χ2n) is 7.88. The first-order valence-corrected chi connectivity index (χ1v) is 11.1. The van der Waals surface area contributed by atoms with Crippen LogP contribution in [-0.4, -0.2) is 16.8 Å². The molecule has 0 saturated carbocycles. The molecule has 4 aromatic rings. The molecule has 32 heavy (non-hydrogen) atoms. The predicted octanol–water partition coefficient (Wildman–Crippen LogP) is 7.30. The van der Waals surface area contributed by atoms with Gasteiger partial charge in [0.1, 0.15) is 0 Å². The van der Waals surface area contributed by atoms with Gasteiger partial charge in [0.05, 0.1) is 7.11 Å². The van der Waals surface area contributed by atoms with E-state index in [2.05, 4.69) is 83.6 Å². The van der Waals surface area contributed by atoms with Crippen LogP contribution in [0, 0.1) is 0 Å². The van der Waals surface area contributed by atoms with Gasteiger partial charge >= 0.3 is 0 Å². The maximum absolute atomic E-state index is 9.86. The lowest BCUT2D eigenvalue weighted by atomic mass is 10.1. The number of aromatic hydroxyl groups is 1. The number of ether oxygens (including phenoxy) is 1. The van der Waals surface area contributed by atoms with Crippen molar-refractivity contribution in [2.45, 2.75) is 25.8 Å². The lowest BCUT2D eigenvalue weighted by Crippen LogP contribution is -1.97. The summed E-state index contributed by atoms with van der Waals surface area (Å²) < 4.78 is 7.41. The van der Waals surface area contributed by atoms with Gasteiger partial charge in [0.15, 0.2) is 11.5 Å². The Kier molecular flexibility index (Phi) is 7.08. The van der Waals surface area contributed by atoms with E-state index in [-0.39, 0.29) is 5.75 Å². The number of methoxy groups -OCH3 is 1. The van der Waals surface area contributed by atoms with Crippen LogP contribution in [0.4, 0.5) is 0 Å². The molecule has 0 amide bonds. The van der Waals surface area contributed by atoms with Crippen molar-refractivity contribution < 1.29 is 9.84 Å². The van der Waals surface area contributed by atoms with E-state index < -0.39 is 0 Å². The second kappa shape index (κ2) is 10.5. The Labute approximate surface area is 189 Å². The Bertz CT molecular complexity index is 1220. The first kappa shape index (κ1) is 21.5. The molecule has 3 aromatic carbocycles. The van der Waals surface area contributed by atoms with E-state index in [1.807, 2.05) is 12.1 Å². The normalized spacial score (nSPS) is 11.7. The molecule has 1 aromatic heterocycles. The third-order valence-electron chi connectivity index (χ3n) is 5.57. The van der Waals surface area contributed by atoms with E-state index in [0.29, 0.717) is 5.75 Å². The topological polar surface area (TPSA) is 34.4 Å². The standard InChI is InChI=1S/C29H29NO2/c1-32-29-19-18-23(20-28(29)31)12-6-3-2-4-9-15-25-22-30(21-24-13-7-5-8-14-24)27-17-11-10-16-26(25)27/h5-20,22,31H,2-4,21H2,1H3/b12-6+,15-9+. The van der Waals surface area contributed by atoms with E-state index in [1.165, 1.54) is 22.0 Å². The highest BCUT2D eigenvalue weighted by molar-refractivity contribution is 5.89. The van der Waals surface area contributed by atoms with E-state index in [4.69, 9.17) is 4.74 Å². The zero-order valence-corrected chi connectivity index (χ0v) is 18.4. The number of allylic oxidation sites excluding steroid dienone is 2. The molecule has 0 radical (unpaired) electrons. The molecule has 0 unspecified atom stereocenters. The summed E-state index contributed by atoms with van der Waals surface area (Å²) in [6.45, 7) is 0.876. The monoisotopic (exact) mass is 423 g/mol. The van der Waals surface area contributed by atoms with Crippen molar-refractivity contribution in [3.8, 4) is 11.5 Å². The molecule has 1 N–H and O–H groups in total. The van der Waals surface area contributed by atoms with Crippen molar-refractivity contribution in [2.24, 2.45) is 0 Å². The third kappa shape index (κ3) is 5.30. The molecule has 3 heteroatoms. The Hall–Kier alpha value is -3.72. The number of phenolic OH excluding ortho intramolecular Hbond substituents is 1. The summed E-state index contributed by atoms with van der Waals surface area (Å²) in [6.07, 6.45) is 14.1. The Morgan fingerprint density at radius 3 is 2.41 bits per heavy atom. The van der Waals surface area contributed by atoms with Crippen LogP contribution in [0.15, 0.2) is 91.1 Å². The van der Waals surface area contributed by atoms with Crippen LogP contribution >= 0.6 is 0 Å². The number of aromatic nitrogens is 1. The zero-order valence-electron chi connectivity index (χ0n) is 18.4. The van der Waals surface area contributed by atoms with E-state index >= 15 is 0 Å². The number of hydrogen-bond acceptors (Lipinski definition) is 2. The van der Waals surface area contributed by atoms with Crippen LogP contribution in [0.25, 0.3) is 23.1 Å². The summed E-state index contributed by atoms with van der Waals surface area (Å²) >= 11 is 0. The maximum atomic E-state index is 9.86. The molecule has 0 bridgehead atoms. The smallest absolute Gasteiger partial charge is 0.160 e. The SMILES string of the molecule is COc1ccc(/C=C/CCC/C=C/c2cn(Cc3ccccc3)c3ccccc23)cc1O. The van der Waals surface area contributed by atoms with Crippen LogP contribution in [0.2, 0.25) is 0 Å². The Morgan fingerprint density at radius 1 is 0.875 bits per heavy atom. The van der Waals surface area contributed by atoms with Crippen molar-refractivity contribution in [1.29, 1.82) is 0 Å². The third-order valence-corrected chi connectivity index (χ3v) is 5.57. The van der Waals surface area contributed by atoms with Crippen molar-refractivity contribution in [2.75, 3.05) is 7.11 Å². The van der Waals surface area contributed by atoms with Crippen LogP contribution in [0.5, 0.6) is 11.5 Å².